The van der Waals surface area contributed by atoms with E-state index in [1.807, 2.05) is 24.4 Å². The van der Waals surface area contributed by atoms with Crippen LogP contribution in [-0.4, -0.2) is 32.2 Å². The molecule has 0 aliphatic rings. The van der Waals surface area contributed by atoms with Gasteiger partial charge in [0.05, 0.1) is 27.6 Å². The highest BCUT2D eigenvalue weighted by Crippen LogP contribution is 2.35. The van der Waals surface area contributed by atoms with Crippen LogP contribution in [0.4, 0.5) is 0 Å². The molecule has 1 amide bonds. The van der Waals surface area contributed by atoms with E-state index in [1.165, 1.54) is 16.9 Å². The zero-order chi connectivity index (χ0) is 20.2. The lowest BCUT2D eigenvalue weighted by atomic mass is 10.3. The van der Waals surface area contributed by atoms with Gasteiger partial charge in [-0.2, -0.15) is 5.10 Å². The molecule has 4 aromatic rings. The molecule has 7 nitrogen and oxygen atoms in total. The summed E-state index contributed by atoms with van der Waals surface area (Å²) in [5, 5.41) is 10.2. The largest absolute Gasteiger partial charge is 0.350 e. The van der Waals surface area contributed by atoms with Crippen LogP contribution in [0.15, 0.2) is 59.0 Å². The number of nitrogens with zero attached hydrogens (tertiary/aromatic N) is 4. The molecule has 146 valence electrons. The van der Waals surface area contributed by atoms with Crippen molar-refractivity contribution in [2.24, 2.45) is 0 Å². The van der Waals surface area contributed by atoms with Gasteiger partial charge in [-0.25, -0.2) is 9.67 Å². The molecule has 4 heterocycles. The number of thiophene rings is 1. The van der Waals surface area contributed by atoms with E-state index in [1.54, 1.807) is 47.1 Å². The van der Waals surface area contributed by atoms with Crippen LogP contribution in [0.1, 0.15) is 16.1 Å². The van der Waals surface area contributed by atoms with Crippen molar-refractivity contribution in [1.82, 2.24) is 25.1 Å². The van der Waals surface area contributed by atoms with Crippen molar-refractivity contribution in [1.29, 1.82) is 0 Å². The van der Waals surface area contributed by atoms with E-state index < -0.39 is 0 Å². The first-order valence-electron chi connectivity index (χ1n) is 8.90. The average Bonchev–Trinajstić information content (AvgIpc) is 3.40. The number of hydrogen-bond acceptors (Lipinski definition) is 7. The van der Waals surface area contributed by atoms with Crippen LogP contribution < -0.4 is 10.9 Å². The van der Waals surface area contributed by atoms with E-state index in [-0.39, 0.29) is 24.6 Å². The number of hydrogen-bond donors (Lipinski definition) is 1. The van der Waals surface area contributed by atoms with Crippen LogP contribution >= 0.6 is 22.7 Å². The standard InChI is InChI=1S/C20H17N5O2S2/c1-13-18(29-20(23-13)16-5-3-11-28-16)15-6-7-17(26)25(24-15)10-9-22-19(27)14-4-2-8-21-12-14/h2-8,11-12H,9-10H2,1H3,(H,22,27). The lowest BCUT2D eigenvalue weighted by molar-refractivity contribution is 0.0951. The van der Waals surface area contributed by atoms with E-state index in [0.29, 0.717) is 11.3 Å². The molecule has 9 heteroatoms. The maximum Gasteiger partial charge on any atom is 0.266 e. The summed E-state index contributed by atoms with van der Waals surface area (Å²) in [6.07, 6.45) is 3.11. The summed E-state index contributed by atoms with van der Waals surface area (Å²) in [6, 6.07) is 10.6. The number of carbonyl (C=O) groups is 1. The summed E-state index contributed by atoms with van der Waals surface area (Å²) in [7, 11) is 0. The van der Waals surface area contributed by atoms with Crippen molar-refractivity contribution in [3.63, 3.8) is 0 Å². The van der Waals surface area contributed by atoms with Gasteiger partial charge in [-0.3, -0.25) is 14.6 Å². The van der Waals surface area contributed by atoms with Crippen LogP contribution in [0, 0.1) is 6.92 Å². The average molecular weight is 424 g/mol. The molecule has 0 saturated heterocycles. The Morgan fingerprint density at radius 3 is 2.86 bits per heavy atom. The third-order valence-corrected chi connectivity index (χ3v) is 6.38. The smallest absolute Gasteiger partial charge is 0.266 e. The lowest BCUT2D eigenvalue weighted by Gasteiger charge is -2.08. The van der Waals surface area contributed by atoms with Gasteiger partial charge >= 0.3 is 0 Å². The Labute approximate surface area is 174 Å². The van der Waals surface area contributed by atoms with Crippen molar-refractivity contribution in [2.45, 2.75) is 13.5 Å². The van der Waals surface area contributed by atoms with E-state index in [2.05, 4.69) is 20.4 Å². The summed E-state index contributed by atoms with van der Waals surface area (Å²) in [4.78, 5) is 34.9. The second kappa shape index (κ2) is 8.46. The summed E-state index contributed by atoms with van der Waals surface area (Å²) < 4.78 is 1.36. The first kappa shape index (κ1) is 19.2. The molecule has 0 aliphatic heterocycles. The van der Waals surface area contributed by atoms with Gasteiger partial charge < -0.3 is 5.32 Å². The maximum absolute atomic E-state index is 12.2. The predicted molar refractivity (Wildman–Crippen MR) is 114 cm³/mol. The van der Waals surface area contributed by atoms with Gasteiger partial charge in [0.25, 0.3) is 11.5 Å². The SMILES string of the molecule is Cc1nc(-c2cccs2)sc1-c1ccc(=O)n(CCNC(=O)c2cccnc2)n1. The molecule has 0 aromatic carbocycles. The van der Waals surface area contributed by atoms with E-state index in [0.717, 1.165) is 20.5 Å². The van der Waals surface area contributed by atoms with Crippen LogP contribution in [0.25, 0.3) is 20.5 Å². The van der Waals surface area contributed by atoms with Crippen LogP contribution in [0.2, 0.25) is 0 Å². The van der Waals surface area contributed by atoms with Crippen molar-refractivity contribution in [3.8, 4) is 20.5 Å². The molecule has 0 bridgehead atoms. The normalized spacial score (nSPS) is 10.8. The molecule has 4 rings (SSSR count). The zero-order valence-corrected chi connectivity index (χ0v) is 17.2. The molecular weight excluding hydrogens is 406 g/mol. The van der Waals surface area contributed by atoms with Gasteiger partial charge in [0.15, 0.2) is 0 Å². The fourth-order valence-corrected chi connectivity index (χ4v) is 4.57. The predicted octanol–water partition coefficient (Wildman–Crippen LogP) is 3.23. The quantitative estimate of drug-likeness (QED) is 0.514. The molecule has 0 fully saturated rings. The molecule has 0 aliphatic carbocycles. The minimum absolute atomic E-state index is 0.218. The summed E-state index contributed by atoms with van der Waals surface area (Å²) in [5.41, 5.74) is 1.83. The highest BCUT2D eigenvalue weighted by atomic mass is 32.1. The molecule has 1 N–H and O–H groups in total. The minimum Gasteiger partial charge on any atom is -0.350 e. The number of aryl methyl sites for hydroxylation is 1. The minimum atomic E-state index is -0.235. The number of rotatable bonds is 6. The molecule has 29 heavy (non-hydrogen) atoms. The van der Waals surface area contributed by atoms with Gasteiger partial charge in [0.2, 0.25) is 0 Å². The first-order valence-corrected chi connectivity index (χ1v) is 10.6. The Morgan fingerprint density at radius 1 is 1.21 bits per heavy atom. The van der Waals surface area contributed by atoms with E-state index in [4.69, 9.17) is 0 Å². The Kier molecular flexibility index (Phi) is 5.59. The van der Waals surface area contributed by atoms with E-state index in [9.17, 15) is 9.59 Å². The summed E-state index contributed by atoms with van der Waals surface area (Å²) in [6.45, 7) is 2.49. The Hall–Kier alpha value is -3.17. The number of nitrogens with one attached hydrogen (secondary N) is 1. The van der Waals surface area contributed by atoms with Crippen molar-refractivity contribution in [2.75, 3.05) is 6.54 Å². The zero-order valence-electron chi connectivity index (χ0n) is 15.5. The number of amides is 1. The van der Waals surface area contributed by atoms with Crippen LogP contribution in [-0.2, 0) is 6.54 Å². The van der Waals surface area contributed by atoms with Crippen LogP contribution in [0.3, 0.4) is 0 Å². The van der Waals surface area contributed by atoms with Crippen molar-refractivity contribution >= 4 is 28.6 Å². The molecule has 0 unspecified atom stereocenters. The highest BCUT2D eigenvalue weighted by Gasteiger charge is 2.14. The van der Waals surface area contributed by atoms with Gasteiger partial charge in [-0.15, -0.1) is 22.7 Å². The third kappa shape index (κ3) is 4.30. The first-order chi connectivity index (χ1) is 14.1. The highest BCUT2D eigenvalue weighted by molar-refractivity contribution is 7.23. The van der Waals surface area contributed by atoms with Gasteiger partial charge in [0, 0.05) is 25.0 Å². The molecule has 0 saturated carbocycles. The number of pyridine rings is 1. The fraction of sp³-hybridized carbons (Fsp3) is 0.150. The second-order valence-corrected chi connectivity index (χ2v) is 8.14. The van der Waals surface area contributed by atoms with Crippen molar-refractivity contribution in [3.05, 3.63) is 75.8 Å². The lowest BCUT2D eigenvalue weighted by Crippen LogP contribution is -2.32. The maximum atomic E-state index is 12.2. The Bertz CT molecular complexity index is 1180. The second-order valence-electron chi connectivity index (χ2n) is 6.19. The van der Waals surface area contributed by atoms with Gasteiger partial charge in [-0.1, -0.05) is 6.07 Å². The fourth-order valence-electron chi connectivity index (χ4n) is 2.74. The topological polar surface area (TPSA) is 89.8 Å². The van der Waals surface area contributed by atoms with E-state index >= 15 is 0 Å². The Balaban J connectivity index is 1.50. The number of aromatic nitrogens is 4. The monoisotopic (exact) mass is 423 g/mol. The van der Waals surface area contributed by atoms with Crippen molar-refractivity contribution < 1.29 is 4.79 Å². The van der Waals surface area contributed by atoms with Gasteiger partial charge in [0.1, 0.15) is 10.7 Å². The number of thiazole rings is 1. The summed E-state index contributed by atoms with van der Waals surface area (Å²) in [5.74, 6) is -0.235. The molecule has 4 aromatic heterocycles. The molecule has 0 radical (unpaired) electrons. The molecule has 0 atom stereocenters. The van der Waals surface area contributed by atoms with Crippen LogP contribution in [0.5, 0.6) is 0 Å². The molecule has 0 spiro atoms. The third-order valence-electron chi connectivity index (χ3n) is 4.16. The Morgan fingerprint density at radius 2 is 2.10 bits per heavy atom. The summed E-state index contributed by atoms with van der Waals surface area (Å²) >= 11 is 3.19. The van der Waals surface area contributed by atoms with Gasteiger partial charge in [-0.05, 0) is 36.6 Å². The molecular formula is C20H17N5O2S2. The number of carbonyl (C=O) groups excluding carboxylic acids is 1.